The standard InChI is InChI=1S/C11H16N4O3.2ClH/c1-18-11-8(10(13)17)5-7(6-14-11)15-9(16)3-2-4-12;;/h5-6H,2-4,12H2,1H3,(H2,13,17)(H,15,16);2*1H. The first-order chi connectivity index (χ1) is 8.58. The van der Waals surface area contributed by atoms with Gasteiger partial charge in [0.25, 0.3) is 5.91 Å². The highest BCUT2D eigenvalue weighted by atomic mass is 35.5. The van der Waals surface area contributed by atoms with Crippen LogP contribution >= 0.6 is 24.8 Å². The number of carbonyl (C=O) groups excluding carboxylic acids is 2. The average Bonchev–Trinajstić information content (AvgIpc) is 2.36. The average molecular weight is 325 g/mol. The molecule has 0 radical (unpaired) electrons. The van der Waals surface area contributed by atoms with E-state index in [0.717, 1.165) is 0 Å². The molecule has 0 spiro atoms. The quantitative estimate of drug-likeness (QED) is 0.711. The van der Waals surface area contributed by atoms with Gasteiger partial charge in [0.1, 0.15) is 5.56 Å². The van der Waals surface area contributed by atoms with Crippen molar-refractivity contribution in [1.29, 1.82) is 0 Å². The van der Waals surface area contributed by atoms with Crippen LogP contribution in [-0.4, -0.2) is 30.5 Å². The topological polar surface area (TPSA) is 120 Å². The Morgan fingerprint density at radius 2 is 2.05 bits per heavy atom. The molecule has 0 bridgehead atoms. The molecule has 114 valence electrons. The van der Waals surface area contributed by atoms with Crippen LogP contribution < -0.4 is 21.5 Å². The SMILES string of the molecule is COc1ncc(NC(=O)CCCN)cc1C(N)=O.Cl.Cl. The third-order valence-corrected chi connectivity index (χ3v) is 2.20. The number of ether oxygens (including phenoxy) is 1. The van der Waals surface area contributed by atoms with Crippen LogP contribution in [0.2, 0.25) is 0 Å². The maximum absolute atomic E-state index is 11.5. The monoisotopic (exact) mass is 324 g/mol. The molecule has 0 unspecified atom stereocenters. The fourth-order valence-electron chi connectivity index (χ4n) is 1.35. The molecular formula is C11H18Cl2N4O3. The molecule has 9 heteroatoms. The normalized spacial score (nSPS) is 8.90. The Kier molecular flexibility index (Phi) is 10.6. The van der Waals surface area contributed by atoms with Gasteiger partial charge in [-0.05, 0) is 19.0 Å². The lowest BCUT2D eigenvalue weighted by Crippen LogP contribution is -2.16. The van der Waals surface area contributed by atoms with Gasteiger partial charge in [-0.2, -0.15) is 0 Å². The van der Waals surface area contributed by atoms with Gasteiger partial charge in [-0.15, -0.1) is 24.8 Å². The van der Waals surface area contributed by atoms with Gasteiger partial charge in [0.05, 0.1) is 19.0 Å². The van der Waals surface area contributed by atoms with Gasteiger partial charge >= 0.3 is 0 Å². The summed E-state index contributed by atoms with van der Waals surface area (Å²) in [6.07, 6.45) is 2.30. The van der Waals surface area contributed by atoms with Gasteiger partial charge in [0.15, 0.2) is 0 Å². The zero-order chi connectivity index (χ0) is 13.5. The van der Waals surface area contributed by atoms with Crippen molar-refractivity contribution in [2.24, 2.45) is 11.5 Å². The summed E-state index contributed by atoms with van der Waals surface area (Å²) >= 11 is 0. The van der Waals surface area contributed by atoms with E-state index in [1.54, 1.807) is 0 Å². The Balaban J connectivity index is 0. The van der Waals surface area contributed by atoms with Crippen LogP contribution in [0.25, 0.3) is 0 Å². The first kappa shape index (κ1) is 20.7. The second-order valence-electron chi connectivity index (χ2n) is 3.59. The molecule has 0 saturated heterocycles. The predicted molar refractivity (Wildman–Crippen MR) is 80.7 cm³/mol. The molecule has 0 aromatic carbocycles. The number of nitrogens with two attached hydrogens (primary N) is 2. The van der Waals surface area contributed by atoms with E-state index in [9.17, 15) is 9.59 Å². The highest BCUT2D eigenvalue weighted by Crippen LogP contribution is 2.18. The number of nitrogens with one attached hydrogen (secondary N) is 1. The smallest absolute Gasteiger partial charge is 0.254 e. The summed E-state index contributed by atoms with van der Waals surface area (Å²) in [6, 6.07) is 1.43. The molecule has 5 N–H and O–H groups in total. The van der Waals surface area contributed by atoms with Crippen molar-refractivity contribution in [3.8, 4) is 5.88 Å². The summed E-state index contributed by atoms with van der Waals surface area (Å²) in [7, 11) is 1.38. The first-order valence-electron chi connectivity index (χ1n) is 5.42. The molecule has 20 heavy (non-hydrogen) atoms. The zero-order valence-electron chi connectivity index (χ0n) is 10.9. The van der Waals surface area contributed by atoms with E-state index in [4.69, 9.17) is 16.2 Å². The Morgan fingerprint density at radius 1 is 1.40 bits per heavy atom. The van der Waals surface area contributed by atoms with E-state index in [0.29, 0.717) is 25.1 Å². The van der Waals surface area contributed by atoms with Crippen molar-refractivity contribution in [2.75, 3.05) is 19.0 Å². The van der Waals surface area contributed by atoms with E-state index >= 15 is 0 Å². The summed E-state index contributed by atoms with van der Waals surface area (Å²) in [5.74, 6) is -0.734. The number of nitrogens with zero attached hydrogens (tertiary/aromatic N) is 1. The summed E-state index contributed by atoms with van der Waals surface area (Å²) in [4.78, 5) is 26.5. The van der Waals surface area contributed by atoms with Gasteiger partial charge < -0.3 is 21.5 Å². The van der Waals surface area contributed by atoms with Crippen LogP contribution in [0.5, 0.6) is 5.88 Å². The third kappa shape index (κ3) is 6.05. The number of pyridine rings is 1. The zero-order valence-corrected chi connectivity index (χ0v) is 12.6. The van der Waals surface area contributed by atoms with E-state index in [2.05, 4.69) is 10.3 Å². The maximum atomic E-state index is 11.5. The number of halogens is 2. The number of hydrogen-bond acceptors (Lipinski definition) is 5. The van der Waals surface area contributed by atoms with Crippen LogP contribution in [0.15, 0.2) is 12.3 Å². The molecule has 1 aromatic heterocycles. The number of carbonyl (C=O) groups is 2. The second-order valence-corrected chi connectivity index (χ2v) is 3.59. The number of rotatable bonds is 6. The van der Waals surface area contributed by atoms with Crippen LogP contribution in [0.3, 0.4) is 0 Å². The Labute approximate surface area is 129 Å². The van der Waals surface area contributed by atoms with Crippen molar-refractivity contribution >= 4 is 42.3 Å². The molecule has 0 saturated carbocycles. The fourth-order valence-corrected chi connectivity index (χ4v) is 1.35. The fraction of sp³-hybridized carbons (Fsp3) is 0.364. The Hall–Kier alpha value is -1.57. The molecule has 1 aromatic rings. The Bertz CT molecular complexity index is 457. The highest BCUT2D eigenvalue weighted by molar-refractivity contribution is 5.97. The van der Waals surface area contributed by atoms with Crippen LogP contribution in [0.1, 0.15) is 23.2 Å². The lowest BCUT2D eigenvalue weighted by molar-refractivity contribution is -0.116. The molecule has 0 atom stereocenters. The minimum absolute atomic E-state index is 0. The van der Waals surface area contributed by atoms with Crippen molar-refractivity contribution in [3.05, 3.63) is 17.8 Å². The largest absolute Gasteiger partial charge is 0.480 e. The van der Waals surface area contributed by atoms with E-state index in [1.807, 2.05) is 0 Å². The molecule has 1 rings (SSSR count). The molecular weight excluding hydrogens is 307 g/mol. The number of methoxy groups -OCH3 is 1. The van der Waals surface area contributed by atoms with Crippen LogP contribution in [0, 0.1) is 0 Å². The molecule has 7 nitrogen and oxygen atoms in total. The van der Waals surface area contributed by atoms with Crippen molar-refractivity contribution < 1.29 is 14.3 Å². The van der Waals surface area contributed by atoms with E-state index in [-0.39, 0.29) is 42.2 Å². The van der Waals surface area contributed by atoms with E-state index < -0.39 is 5.91 Å². The van der Waals surface area contributed by atoms with Gasteiger partial charge in [0.2, 0.25) is 11.8 Å². The summed E-state index contributed by atoms with van der Waals surface area (Å²) in [6.45, 7) is 0.445. The Morgan fingerprint density at radius 3 is 2.55 bits per heavy atom. The highest BCUT2D eigenvalue weighted by Gasteiger charge is 2.12. The molecule has 0 aliphatic carbocycles. The second kappa shape index (κ2) is 10.2. The minimum atomic E-state index is -0.669. The predicted octanol–water partition coefficient (Wildman–Crippen LogP) is 0.710. The summed E-state index contributed by atoms with van der Waals surface area (Å²) in [5.41, 5.74) is 11.0. The van der Waals surface area contributed by atoms with Gasteiger partial charge in [-0.25, -0.2) is 4.98 Å². The summed E-state index contributed by atoms with van der Waals surface area (Å²) < 4.78 is 4.89. The van der Waals surface area contributed by atoms with Crippen molar-refractivity contribution in [1.82, 2.24) is 4.98 Å². The van der Waals surface area contributed by atoms with Crippen molar-refractivity contribution in [2.45, 2.75) is 12.8 Å². The van der Waals surface area contributed by atoms with Gasteiger partial charge in [-0.1, -0.05) is 0 Å². The lowest BCUT2D eigenvalue weighted by atomic mass is 10.2. The molecule has 0 fully saturated rings. The number of aromatic nitrogens is 1. The summed E-state index contributed by atoms with van der Waals surface area (Å²) in [5, 5.41) is 2.60. The number of primary amides is 1. The lowest BCUT2D eigenvalue weighted by Gasteiger charge is -2.08. The van der Waals surface area contributed by atoms with Crippen molar-refractivity contribution in [3.63, 3.8) is 0 Å². The van der Waals surface area contributed by atoms with Crippen LogP contribution in [-0.2, 0) is 4.79 Å². The third-order valence-electron chi connectivity index (χ3n) is 2.20. The molecule has 0 aliphatic heterocycles. The minimum Gasteiger partial charge on any atom is -0.480 e. The molecule has 2 amide bonds. The maximum Gasteiger partial charge on any atom is 0.254 e. The number of anilines is 1. The number of hydrogen-bond donors (Lipinski definition) is 3. The van der Waals surface area contributed by atoms with E-state index in [1.165, 1.54) is 19.4 Å². The molecule has 0 aliphatic rings. The molecule has 1 heterocycles. The van der Waals surface area contributed by atoms with Gasteiger partial charge in [-0.3, -0.25) is 9.59 Å². The van der Waals surface area contributed by atoms with Crippen LogP contribution in [0.4, 0.5) is 5.69 Å². The van der Waals surface area contributed by atoms with Gasteiger partial charge in [0, 0.05) is 6.42 Å². The first-order valence-corrected chi connectivity index (χ1v) is 5.42. The number of amides is 2.